The monoisotopic (exact) mass is 549 g/mol. The fourth-order valence-electron chi connectivity index (χ4n) is 5.36. The molecule has 3 N–H and O–H groups in total. The molecule has 7 nitrogen and oxygen atoms in total. The lowest BCUT2D eigenvalue weighted by Gasteiger charge is -2.51. The van der Waals surface area contributed by atoms with Crippen molar-refractivity contribution in [3.63, 3.8) is 0 Å². The van der Waals surface area contributed by atoms with Gasteiger partial charge in [0, 0.05) is 70.5 Å². The van der Waals surface area contributed by atoms with Gasteiger partial charge in [0.25, 0.3) is 0 Å². The maximum absolute atomic E-state index is 7.21. The highest BCUT2D eigenvalue weighted by molar-refractivity contribution is 6.30. The molecule has 0 saturated carbocycles. The molecule has 2 saturated heterocycles. The molecule has 0 aromatic heterocycles. The Morgan fingerprint density at radius 1 is 0.750 bits per heavy atom. The van der Waals surface area contributed by atoms with E-state index in [4.69, 9.17) is 40.5 Å². The van der Waals surface area contributed by atoms with Crippen LogP contribution in [-0.4, -0.2) is 88.2 Å². The second-order valence-corrected chi connectivity index (χ2v) is 11.6. The summed E-state index contributed by atoms with van der Waals surface area (Å²) in [6, 6.07) is 18.6. The first-order valence-corrected chi connectivity index (χ1v) is 13.7. The number of piperazine rings is 2. The second-order valence-electron chi connectivity index (χ2n) is 9.92. The van der Waals surface area contributed by atoms with Gasteiger partial charge in [0.1, 0.15) is 0 Å². The predicted molar refractivity (Wildman–Crippen MR) is 148 cm³/mol. The average Bonchev–Trinajstić information content (AvgIpc) is 2.86. The van der Waals surface area contributed by atoms with Crippen LogP contribution in [0, 0.1) is 0 Å². The van der Waals surface area contributed by atoms with Gasteiger partial charge in [-0.3, -0.25) is 19.6 Å². The molecule has 2 aromatic rings. The van der Waals surface area contributed by atoms with Crippen molar-refractivity contribution < 1.29 is 0 Å². The third-order valence-corrected chi connectivity index (χ3v) is 8.55. The highest BCUT2D eigenvalue weighted by atomic mass is 35.5. The van der Waals surface area contributed by atoms with Crippen LogP contribution in [0.3, 0.4) is 0 Å². The SMILES string of the molecule is NC1=NC(Cl)(N2CCN(Cc3ccc(Cl)cc3)CC2)CC(Cl)(N2CCN(Cc3ccccc3)CC2)N1. The van der Waals surface area contributed by atoms with E-state index in [-0.39, 0.29) is 0 Å². The molecule has 0 radical (unpaired) electrons. The molecule has 0 spiro atoms. The lowest BCUT2D eigenvalue weighted by molar-refractivity contribution is 0.0110. The zero-order chi connectivity index (χ0) is 25.2. The smallest absolute Gasteiger partial charge is 0.197 e. The Morgan fingerprint density at radius 3 is 1.86 bits per heavy atom. The van der Waals surface area contributed by atoms with Crippen LogP contribution in [-0.2, 0) is 13.1 Å². The summed E-state index contributed by atoms with van der Waals surface area (Å²) >= 11 is 20.4. The Labute approximate surface area is 228 Å². The molecule has 2 fully saturated rings. The summed E-state index contributed by atoms with van der Waals surface area (Å²) in [5.41, 5.74) is 8.84. The van der Waals surface area contributed by atoms with Crippen molar-refractivity contribution in [1.29, 1.82) is 0 Å². The van der Waals surface area contributed by atoms with Crippen molar-refractivity contribution in [2.75, 3.05) is 52.4 Å². The molecule has 0 amide bonds. The van der Waals surface area contributed by atoms with Gasteiger partial charge in [-0.15, -0.1) is 0 Å². The molecule has 10 heteroatoms. The molecular weight excluding hydrogens is 517 g/mol. The van der Waals surface area contributed by atoms with Gasteiger partial charge in [-0.05, 0) is 23.3 Å². The number of rotatable bonds is 6. The molecule has 2 unspecified atom stereocenters. The van der Waals surface area contributed by atoms with Crippen LogP contribution in [0.1, 0.15) is 17.5 Å². The van der Waals surface area contributed by atoms with Gasteiger partial charge in [0.15, 0.2) is 16.2 Å². The highest BCUT2D eigenvalue weighted by Crippen LogP contribution is 2.40. The maximum Gasteiger partial charge on any atom is 0.197 e. The quantitative estimate of drug-likeness (QED) is 0.425. The maximum atomic E-state index is 7.21. The third-order valence-electron chi connectivity index (χ3n) is 7.37. The molecule has 0 bridgehead atoms. The Balaban J connectivity index is 1.17. The van der Waals surface area contributed by atoms with Crippen LogP contribution >= 0.6 is 34.8 Å². The first-order chi connectivity index (χ1) is 17.3. The minimum atomic E-state index is -0.968. The zero-order valence-corrected chi connectivity index (χ0v) is 22.7. The van der Waals surface area contributed by atoms with E-state index in [0.717, 1.165) is 70.5 Å². The summed E-state index contributed by atoms with van der Waals surface area (Å²) in [6.07, 6.45) is 0.444. The van der Waals surface area contributed by atoms with E-state index >= 15 is 0 Å². The van der Waals surface area contributed by atoms with Crippen LogP contribution in [0.25, 0.3) is 0 Å². The number of nitrogens with zero attached hydrogens (tertiary/aromatic N) is 5. The van der Waals surface area contributed by atoms with Crippen molar-refractivity contribution in [3.05, 3.63) is 70.7 Å². The van der Waals surface area contributed by atoms with Crippen molar-refractivity contribution in [1.82, 2.24) is 24.9 Å². The van der Waals surface area contributed by atoms with Gasteiger partial charge < -0.3 is 11.1 Å². The Kier molecular flexibility index (Phi) is 7.98. The van der Waals surface area contributed by atoms with Crippen LogP contribution in [0.5, 0.6) is 0 Å². The van der Waals surface area contributed by atoms with Gasteiger partial charge in [-0.25, -0.2) is 4.99 Å². The summed E-state index contributed by atoms with van der Waals surface area (Å²) < 4.78 is 0. The van der Waals surface area contributed by atoms with Gasteiger partial charge in [0.05, 0.1) is 6.42 Å². The number of guanidine groups is 1. The van der Waals surface area contributed by atoms with E-state index in [1.165, 1.54) is 11.1 Å². The first kappa shape index (κ1) is 26.0. The van der Waals surface area contributed by atoms with E-state index in [2.05, 4.69) is 72.4 Å². The van der Waals surface area contributed by atoms with E-state index in [1.54, 1.807) is 0 Å². The Bertz CT molecular complexity index is 1040. The van der Waals surface area contributed by atoms with Gasteiger partial charge in [-0.2, -0.15) is 0 Å². The van der Waals surface area contributed by atoms with E-state index in [1.807, 2.05) is 12.1 Å². The molecule has 3 heterocycles. The topological polar surface area (TPSA) is 63.4 Å². The van der Waals surface area contributed by atoms with Crippen LogP contribution in [0.15, 0.2) is 59.6 Å². The molecule has 2 atom stereocenters. The van der Waals surface area contributed by atoms with Gasteiger partial charge in [-0.1, -0.05) is 77.3 Å². The standard InChI is InChI=1S/C26H34Cl3N7/c27-23-8-6-22(7-9-23)19-34-12-16-36(17-13-34)26(29)20-25(28,31-24(30)32-26)35-14-10-33(11-15-35)18-21-4-2-1-3-5-21/h1-9H,10-20H2,(H3,30,31,32). The van der Waals surface area contributed by atoms with Gasteiger partial charge >= 0.3 is 0 Å². The number of nitrogens with one attached hydrogen (secondary N) is 1. The minimum absolute atomic E-state index is 0.293. The van der Waals surface area contributed by atoms with Gasteiger partial charge in [0.2, 0.25) is 0 Å². The summed E-state index contributed by atoms with van der Waals surface area (Å²) in [6.45, 7) is 8.75. The van der Waals surface area contributed by atoms with Crippen LogP contribution < -0.4 is 11.1 Å². The summed E-state index contributed by atoms with van der Waals surface area (Å²) in [7, 11) is 0. The molecule has 3 aliphatic rings. The Morgan fingerprint density at radius 2 is 1.28 bits per heavy atom. The molecular formula is C26H34Cl3N7. The van der Waals surface area contributed by atoms with Crippen LogP contribution in [0.2, 0.25) is 5.02 Å². The fourth-order valence-corrected chi connectivity index (χ4v) is 6.46. The van der Waals surface area contributed by atoms with Crippen molar-refractivity contribution in [2.45, 2.75) is 29.8 Å². The molecule has 5 rings (SSSR count). The van der Waals surface area contributed by atoms with E-state index in [0.29, 0.717) is 12.4 Å². The molecule has 3 aliphatic heterocycles. The highest BCUT2D eigenvalue weighted by Gasteiger charge is 2.50. The third kappa shape index (κ3) is 6.10. The normalized spacial score (nSPS) is 29.0. The summed E-state index contributed by atoms with van der Waals surface area (Å²) in [4.78, 5) is 14.0. The summed E-state index contributed by atoms with van der Waals surface area (Å²) in [5.74, 6) is 0.293. The zero-order valence-electron chi connectivity index (χ0n) is 20.4. The van der Waals surface area contributed by atoms with E-state index in [9.17, 15) is 0 Å². The average molecular weight is 551 g/mol. The minimum Gasteiger partial charge on any atom is -0.370 e. The number of halogens is 3. The fraction of sp³-hybridized carbons (Fsp3) is 0.500. The number of benzene rings is 2. The van der Waals surface area contributed by atoms with Crippen molar-refractivity contribution >= 4 is 40.8 Å². The largest absolute Gasteiger partial charge is 0.370 e. The molecule has 2 aromatic carbocycles. The number of nitrogens with two attached hydrogens (primary N) is 1. The lowest BCUT2D eigenvalue weighted by Crippen LogP contribution is -2.69. The number of alkyl halides is 2. The van der Waals surface area contributed by atoms with Crippen molar-refractivity contribution in [3.8, 4) is 0 Å². The van der Waals surface area contributed by atoms with E-state index < -0.39 is 10.2 Å². The summed E-state index contributed by atoms with van der Waals surface area (Å²) in [5, 5.41) is 2.16. The van der Waals surface area contributed by atoms with Crippen LogP contribution in [0.4, 0.5) is 0 Å². The Hall–Kier alpha value is -1.58. The molecule has 36 heavy (non-hydrogen) atoms. The number of hydrogen-bond acceptors (Lipinski definition) is 7. The first-order valence-electron chi connectivity index (χ1n) is 12.6. The second kappa shape index (κ2) is 11.0. The predicted octanol–water partition coefficient (Wildman–Crippen LogP) is 3.37. The number of hydrogen-bond donors (Lipinski definition) is 2. The lowest BCUT2D eigenvalue weighted by atomic mass is 10.1. The number of aliphatic imine (C=N–C) groups is 1. The van der Waals surface area contributed by atoms with Crippen molar-refractivity contribution in [2.24, 2.45) is 10.7 Å². The molecule has 194 valence electrons. The molecule has 0 aliphatic carbocycles.